The predicted molar refractivity (Wildman–Crippen MR) is 85.3 cm³/mol. The molecule has 3 unspecified atom stereocenters. The van der Waals surface area contributed by atoms with E-state index in [1.807, 2.05) is 38.1 Å². The van der Waals surface area contributed by atoms with Crippen molar-refractivity contribution in [2.75, 3.05) is 11.9 Å². The minimum atomic E-state index is -0.280. The number of rotatable bonds is 4. The van der Waals surface area contributed by atoms with Gasteiger partial charge >= 0.3 is 6.03 Å². The van der Waals surface area contributed by atoms with Crippen LogP contribution in [0.3, 0.4) is 0 Å². The quantitative estimate of drug-likeness (QED) is 0.797. The lowest BCUT2D eigenvalue weighted by molar-refractivity contribution is -0.0850. The summed E-state index contributed by atoms with van der Waals surface area (Å²) in [5.74, 6) is 0.741. The van der Waals surface area contributed by atoms with Crippen molar-refractivity contribution in [1.29, 1.82) is 0 Å². The Labute approximate surface area is 126 Å². The Morgan fingerprint density at radius 3 is 2.52 bits per heavy atom. The molecule has 1 aliphatic rings. The molecule has 0 radical (unpaired) electrons. The monoisotopic (exact) mass is 290 g/mol. The van der Waals surface area contributed by atoms with Crippen LogP contribution in [0, 0.1) is 24.2 Å². The van der Waals surface area contributed by atoms with Gasteiger partial charge in [0.25, 0.3) is 0 Å². The number of aliphatic hydroxyl groups is 1. The first-order valence-corrected chi connectivity index (χ1v) is 7.60. The standard InChI is InChI=1S/C17H26N2O2/c1-11-5-7-14(8-6-11)19-16(21)18-10-13-9-15(12(2)20)17(13,3)4/h5-8,12-13,15,20H,9-10H2,1-4H3,(H2,18,19,21). The number of urea groups is 1. The molecule has 1 saturated carbocycles. The summed E-state index contributed by atoms with van der Waals surface area (Å²) < 4.78 is 0. The fourth-order valence-electron chi connectivity index (χ4n) is 3.25. The molecule has 0 heterocycles. The van der Waals surface area contributed by atoms with E-state index in [0.29, 0.717) is 18.4 Å². The van der Waals surface area contributed by atoms with E-state index in [0.717, 1.165) is 12.1 Å². The van der Waals surface area contributed by atoms with E-state index in [2.05, 4.69) is 24.5 Å². The van der Waals surface area contributed by atoms with Gasteiger partial charge in [-0.2, -0.15) is 0 Å². The molecule has 0 bridgehead atoms. The molecule has 2 amide bonds. The van der Waals surface area contributed by atoms with Crippen molar-refractivity contribution in [2.24, 2.45) is 17.3 Å². The molecule has 3 N–H and O–H groups in total. The van der Waals surface area contributed by atoms with Crippen LogP contribution in [0.2, 0.25) is 0 Å². The van der Waals surface area contributed by atoms with Gasteiger partial charge in [-0.1, -0.05) is 31.5 Å². The molecule has 3 atom stereocenters. The molecule has 0 spiro atoms. The summed E-state index contributed by atoms with van der Waals surface area (Å²) in [6.07, 6.45) is 0.688. The second-order valence-electron chi connectivity index (χ2n) is 6.80. The maximum atomic E-state index is 11.9. The normalized spacial score (nSPS) is 24.8. The number of amides is 2. The SMILES string of the molecule is Cc1ccc(NC(=O)NCC2CC(C(C)O)C2(C)C)cc1. The summed E-state index contributed by atoms with van der Waals surface area (Å²) in [7, 11) is 0. The zero-order chi connectivity index (χ0) is 15.6. The summed E-state index contributed by atoms with van der Waals surface area (Å²) >= 11 is 0. The first-order valence-electron chi connectivity index (χ1n) is 7.60. The Kier molecular flexibility index (Phi) is 4.57. The molecule has 116 valence electrons. The molecule has 1 aromatic rings. The van der Waals surface area contributed by atoms with Crippen LogP contribution in [0.15, 0.2) is 24.3 Å². The molecule has 0 aromatic heterocycles. The zero-order valence-corrected chi connectivity index (χ0v) is 13.3. The van der Waals surface area contributed by atoms with Gasteiger partial charge in [-0.15, -0.1) is 0 Å². The molecule has 0 saturated heterocycles. The second-order valence-corrected chi connectivity index (χ2v) is 6.80. The van der Waals surface area contributed by atoms with Crippen molar-refractivity contribution in [1.82, 2.24) is 5.32 Å². The number of hydrogen-bond acceptors (Lipinski definition) is 2. The molecule has 0 aliphatic heterocycles. The molecule has 4 heteroatoms. The average Bonchev–Trinajstić information content (AvgIpc) is 2.39. The summed E-state index contributed by atoms with van der Waals surface area (Å²) in [4.78, 5) is 11.9. The molecule has 1 aromatic carbocycles. The van der Waals surface area contributed by atoms with E-state index in [4.69, 9.17) is 0 Å². The van der Waals surface area contributed by atoms with E-state index in [9.17, 15) is 9.90 Å². The largest absolute Gasteiger partial charge is 0.393 e. The smallest absolute Gasteiger partial charge is 0.319 e. The Bertz CT molecular complexity index is 494. The van der Waals surface area contributed by atoms with E-state index in [1.165, 1.54) is 5.56 Å². The van der Waals surface area contributed by atoms with Gasteiger partial charge in [-0.05, 0) is 49.7 Å². The zero-order valence-electron chi connectivity index (χ0n) is 13.3. The van der Waals surface area contributed by atoms with Gasteiger partial charge in [0.1, 0.15) is 0 Å². The van der Waals surface area contributed by atoms with Crippen molar-refractivity contribution in [2.45, 2.75) is 40.2 Å². The third-order valence-electron chi connectivity index (χ3n) is 4.95. The Hall–Kier alpha value is -1.55. The molecule has 1 fully saturated rings. The van der Waals surface area contributed by atoms with Crippen LogP contribution in [0.25, 0.3) is 0 Å². The van der Waals surface area contributed by atoms with Gasteiger partial charge < -0.3 is 15.7 Å². The van der Waals surface area contributed by atoms with E-state index < -0.39 is 0 Å². The van der Waals surface area contributed by atoms with Crippen LogP contribution in [-0.2, 0) is 0 Å². The maximum absolute atomic E-state index is 11.9. The fourth-order valence-corrected chi connectivity index (χ4v) is 3.25. The minimum Gasteiger partial charge on any atom is -0.393 e. The molecule has 2 rings (SSSR count). The van der Waals surface area contributed by atoms with Crippen molar-refractivity contribution in [3.05, 3.63) is 29.8 Å². The summed E-state index contributed by atoms with van der Waals surface area (Å²) in [5, 5.41) is 15.5. The highest BCUT2D eigenvalue weighted by Gasteiger charge is 2.49. The van der Waals surface area contributed by atoms with Crippen LogP contribution in [0.4, 0.5) is 10.5 Å². The lowest BCUT2D eigenvalue weighted by atomic mass is 9.53. The lowest BCUT2D eigenvalue weighted by Crippen LogP contribution is -2.53. The van der Waals surface area contributed by atoms with Crippen LogP contribution in [-0.4, -0.2) is 23.8 Å². The summed E-state index contributed by atoms with van der Waals surface area (Å²) in [5.41, 5.74) is 2.04. The Morgan fingerprint density at radius 1 is 1.38 bits per heavy atom. The van der Waals surface area contributed by atoms with Crippen molar-refractivity contribution in [3.63, 3.8) is 0 Å². The highest BCUT2D eigenvalue weighted by atomic mass is 16.3. The number of nitrogens with one attached hydrogen (secondary N) is 2. The number of aryl methyl sites for hydroxylation is 1. The van der Waals surface area contributed by atoms with Gasteiger partial charge in [0.2, 0.25) is 0 Å². The Morgan fingerprint density at radius 2 is 2.00 bits per heavy atom. The molecule has 21 heavy (non-hydrogen) atoms. The predicted octanol–water partition coefficient (Wildman–Crippen LogP) is 3.16. The van der Waals surface area contributed by atoms with Crippen LogP contribution in [0.1, 0.15) is 32.8 Å². The van der Waals surface area contributed by atoms with Gasteiger partial charge in [-0.3, -0.25) is 0 Å². The second kappa shape index (κ2) is 6.06. The van der Waals surface area contributed by atoms with E-state index in [-0.39, 0.29) is 17.6 Å². The minimum absolute atomic E-state index is 0.0747. The number of carbonyl (C=O) groups excluding carboxylic acids is 1. The molecule has 4 nitrogen and oxygen atoms in total. The van der Waals surface area contributed by atoms with Gasteiger partial charge in [0.05, 0.1) is 6.10 Å². The number of hydrogen-bond donors (Lipinski definition) is 3. The van der Waals surface area contributed by atoms with Crippen LogP contribution >= 0.6 is 0 Å². The highest BCUT2D eigenvalue weighted by Crippen LogP contribution is 2.52. The highest BCUT2D eigenvalue weighted by molar-refractivity contribution is 5.89. The first kappa shape index (κ1) is 15.8. The summed E-state index contributed by atoms with van der Waals surface area (Å²) in [6, 6.07) is 7.56. The van der Waals surface area contributed by atoms with E-state index >= 15 is 0 Å². The number of aliphatic hydroxyl groups excluding tert-OH is 1. The van der Waals surface area contributed by atoms with Crippen molar-refractivity contribution < 1.29 is 9.90 Å². The van der Waals surface area contributed by atoms with Crippen LogP contribution in [0.5, 0.6) is 0 Å². The lowest BCUT2D eigenvalue weighted by Gasteiger charge is -2.53. The Balaban J connectivity index is 1.79. The number of carbonyl (C=O) groups is 1. The topological polar surface area (TPSA) is 61.4 Å². The molecule has 1 aliphatic carbocycles. The summed E-state index contributed by atoms with van der Waals surface area (Å²) in [6.45, 7) is 8.84. The number of benzene rings is 1. The van der Waals surface area contributed by atoms with Gasteiger partial charge in [0.15, 0.2) is 0 Å². The average molecular weight is 290 g/mol. The van der Waals surface area contributed by atoms with Crippen molar-refractivity contribution >= 4 is 11.7 Å². The number of anilines is 1. The first-order chi connectivity index (χ1) is 9.80. The third-order valence-corrected chi connectivity index (χ3v) is 4.95. The molecular formula is C17H26N2O2. The van der Waals surface area contributed by atoms with Crippen LogP contribution < -0.4 is 10.6 Å². The third kappa shape index (κ3) is 3.56. The maximum Gasteiger partial charge on any atom is 0.319 e. The van der Waals surface area contributed by atoms with Gasteiger partial charge in [-0.25, -0.2) is 4.79 Å². The van der Waals surface area contributed by atoms with E-state index in [1.54, 1.807) is 0 Å². The van der Waals surface area contributed by atoms with Gasteiger partial charge in [0, 0.05) is 12.2 Å². The fraction of sp³-hybridized carbons (Fsp3) is 0.588. The van der Waals surface area contributed by atoms with Crippen molar-refractivity contribution in [3.8, 4) is 0 Å². The molecular weight excluding hydrogens is 264 g/mol.